The van der Waals surface area contributed by atoms with Crippen LogP contribution in [-0.4, -0.2) is 32.9 Å². The van der Waals surface area contributed by atoms with Gasteiger partial charge in [-0.05, 0) is 25.7 Å². The molecular weight excluding hydrogens is 344 g/mol. The Labute approximate surface area is 149 Å². The van der Waals surface area contributed by atoms with Gasteiger partial charge in [0.2, 0.25) is 11.8 Å². The number of hydrogen-bond acceptors (Lipinski definition) is 7. The molecule has 1 fully saturated rings. The summed E-state index contributed by atoms with van der Waals surface area (Å²) in [5, 5.41) is 14.6. The third-order valence-corrected chi connectivity index (χ3v) is 5.87. The molecule has 130 valence electrons. The van der Waals surface area contributed by atoms with Crippen LogP contribution in [0.25, 0.3) is 0 Å². The van der Waals surface area contributed by atoms with Crippen LogP contribution in [-0.2, 0) is 11.2 Å². The zero-order chi connectivity index (χ0) is 16.9. The largest absolute Gasteiger partial charge is 0.416 e. The summed E-state index contributed by atoms with van der Waals surface area (Å²) in [6, 6.07) is 0.304. The molecule has 8 heteroatoms. The van der Waals surface area contributed by atoms with E-state index in [1.807, 2.05) is 12.3 Å². The Hall–Kier alpha value is -1.41. The van der Waals surface area contributed by atoms with E-state index in [2.05, 4.69) is 27.4 Å². The Bertz CT molecular complexity index is 685. The van der Waals surface area contributed by atoms with Gasteiger partial charge in [-0.2, -0.15) is 0 Å². The number of thioether (sulfide) groups is 1. The van der Waals surface area contributed by atoms with Crippen LogP contribution in [0.2, 0.25) is 0 Å². The number of thiazole rings is 1. The van der Waals surface area contributed by atoms with Crippen LogP contribution in [0.15, 0.2) is 15.0 Å². The molecule has 1 aliphatic carbocycles. The van der Waals surface area contributed by atoms with Gasteiger partial charge < -0.3 is 9.73 Å². The van der Waals surface area contributed by atoms with E-state index in [-0.39, 0.29) is 5.91 Å². The second-order valence-electron chi connectivity index (χ2n) is 6.22. The molecule has 2 atom stereocenters. The van der Waals surface area contributed by atoms with Crippen molar-refractivity contribution in [3.63, 3.8) is 0 Å². The number of hydrogen-bond donors (Lipinski definition) is 1. The van der Waals surface area contributed by atoms with Crippen molar-refractivity contribution in [2.24, 2.45) is 5.92 Å². The smallest absolute Gasteiger partial charge is 0.277 e. The van der Waals surface area contributed by atoms with E-state index in [4.69, 9.17) is 4.42 Å². The van der Waals surface area contributed by atoms with Crippen LogP contribution >= 0.6 is 23.1 Å². The van der Waals surface area contributed by atoms with Crippen LogP contribution < -0.4 is 5.32 Å². The van der Waals surface area contributed by atoms with Crippen LogP contribution in [0.1, 0.15) is 49.2 Å². The maximum absolute atomic E-state index is 12.1. The lowest BCUT2D eigenvalue weighted by molar-refractivity contribution is -0.119. The Morgan fingerprint density at radius 1 is 1.42 bits per heavy atom. The van der Waals surface area contributed by atoms with Gasteiger partial charge in [0.05, 0.1) is 22.9 Å². The fourth-order valence-electron chi connectivity index (χ4n) is 2.92. The summed E-state index contributed by atoms with van der Waals surface area (Å²) in [6.07, 6.45) is 5.28. The molecule has 1 aliphatic rings. The van der Waals surface area contributed by atoms with Gasteiger partial charge in [-0.1, -0.05) is 31.5 Å². The third-order valence-electron chi connectivity index (χ3n) is 4.23. The van der Waals surface area contributed by atoms with E-state index in [9.17, 15) is 4.79 Å². The van der Waals surface area contributed by atoms with Crippen molar-refractivity contribution in [3.05, 3.63) is 22.0 Å². The highest BCUT2D eigenvalue weighted by Gasteiger charge is 2.23. The average molecular weight is 367 g/mol. The summed E-state index contributed by atoms with van der Waals surface area (Å²) in [6.45, 7) is 4.18. The molecule has 1 saturated carbocycles. The van der Waals surface area contributed by atoms with Crippen molar-refractivity contribution in [3.8, 4) is 0 Å². The minimum absolute atomic E-state index is 0.0358. The van der Waals surface area contributed by atoms with E-state index >= 15 is 0 Å². The maximum atomic E-state index is 12.1. The van der Waals surface area contributed by atoms with E-state index in [1.165, 1.54) is 31.0 Å². The number of carbonyl (C=O) groups excluding carboxylic acids is 1. The molecule has 6 nitrogen and oxygen atoms in total. The van der Waals surface area contributed by atoms with E-state index in [0.29, 0.717) is 35.2 Å². The van der Waals surface area contributed by atoms with Crippen molar-refractivity contribution < 1.29 is 9.21 Å². The normalized spacial score (nSPS) is 20.9. The van der Waals surface area contributed by atoms with Gasteiger partial charge in [0, 0.05) is 11.4 Å². The van der Waals surface area contributed by atoms with Gasteiger partial charge in [-0.25, -0.2) is 4.98 Å². The lowest BCUT2D eigenvalue weighted by atomic mass is 9.86. The number of amides is 1. The molecule has 0 bridgehead atoms. The van der Waals surface area contributed by atoms with Gasteiger partial charge in [-0.15, -0.1) is 21.5 Å². The fraction of sp³-hybridized carbons (Fsp3) is 0.625. The number of aryl methyl sites for hydroxylation is 1. The first-order chi connectivity index (χ1) is 11.6. The molecule has 0 unspecified atom stereocenters. The summed E-state index contributed by atoms with van der Waals surface area (Å²) < 4.78 is 5.58. The molecular formula is C16H22N4O2S2. The second kappa shape index (κ2) is 8.11. The first kappa shape index (κ1) is 17.4. The van der Waals surface area contributed by atoms with Crippen LogP contribution in [0.5, 0.6) is 0 Å². The van der Waals surface area contributed by atoms with Gasteiger partial charge >= 0.3 is 0 Å². The number of nitrogens with one attached hydrogen (secondary N) is 1. The average Bonchev–Trinajstić information content (AvgIpc) is 3.17. The predicted molar refractivity (Wildman–Crippen MR) is 94.2 cm³/mol. The van der Waals surface area contributed by atoms with Crippen molar-refractivity contribution in [2.75, 3.05) is 5.75 Å². The molecule has 2 aromatic rings. The highest BCUT2D eigenvalue weighted by Crippen LogP contribution is 2.24. The predicted octanol–water partition coefficient (Wildman–Crippen LogP) is 3.21. The summed E-state index contributed by atoms with van der Waals surface area (Å²) >= 11 is 2.89. The fourth-order valence-corrected chi connectivity index (χ4v) is 4.12. The van der Waals surface area contributed by atoms with Gasteiger partial charge in [0.25, 0.3) is 5.22 Å². The van der Waals surface area contributed by atoms with Gasteiger partial charge in [0.15, 0.2) is 0 Å². The first-order valence-electron chi connectivity index (χ1n) is 8.25. The Morgan fingerprint density at radius 2 is 2.25 bits per heavy atom. The number of aromatic nitrogens is 3. The SMILES string of the molecule is Cc1nc(Cc2nnc(SCC(=O)N[C@@H]3CCCC[C@@H]3C)o2)cs1. The quantitative estimate of drug-likeness (QED) is 0.791. The van der Waals surface area contributed by atoms with Gasteiger partial charge in [0.1, 0.15) is 0 Å². The second-order valence-corrected chi connectivity index (χ2v) is 8.21. The van der Waals surface area contributed by atoms with E-state index in [1.54, 1.807) is 11.3 Å². The lowest BCUT2D eigenvalue weighted by Crippen LogP contribution is -2.41. The molecule has 1 N–H and O–H groups in total. The maximum Gasteiger partial charge on any atom is 0.277 e. The summed E-state index contributed by atoms with van der Waals surface area (Å²) in [5.41, 5.74) is 0.932. The summed E-state index contributed by atoms with van der Waals surface area (Å²) in [4.78, 5) is 16.5. The molecule has 24 heavy (non-hydrogen) atoms. The van der Waals surface area contributed by atoms with Gasteiger partial charge in [-0.3, -0.25) is 4.79 Å². The number of rotatable bonds is 6. The van der Waals surface area contributed by atoms with Crippen molar-refractivity contribution in [2.45, 2.75) is 57.2 Å². The molecule has 1 amide bonds. The Kier molecular flexibility index (Phi) is 5.89. The highest BCUT2D eigenvalue weighted by atomic mass is 32.2. The molecule has 2 heterocycles. The molecule has 2 aromatic heterocycles. The molecule has 0 saturated heterocycles. The highest BCUT2D eigenvalue weighted by molar-refractivity contribution is 7.99. The molecule has 0 radical (unpaired) electrons. The molecule has 0 aromatic carbocycles. The minimum Gasteiger partial charge on any atom is -0.416 e. The molecule has 3 rings (SSSR count). The van der Waals surface area contributed by atoms with Crippen molar-refractivity contribution in [1.29, 1.82) is 0 Å². The number of nitrogens with zero attached hydrogens (tertiary/aromatic N) is 3. The van der Waals surface area contributed by atoms with E-state index < -0.39 is 0 Å². The van der Waals surface area contributed by atoms with Crippen LogP contribution in [0.4, 0.5) is 0 Å². The zero-order valence-corrected chi connectivity index (χ0v) is 15.6. The molecule has 0 aliphatic heterocycles. The van der Waals surface area contributed by atoms with Crippen molar-refractivity contribution in [1.82, 2.24) is 20.5 Å². The van der Waals surface area contributed by atoms with Crippen LogP contribution in [0.3, 0.4) is 0 Å². The van der Waals surface area contributed by atoms with Crippen molar-refractivity contribution >= 4 is 29.0 Å². The number of carbonyl (C=O) groups is 1. The summed E-state index contributed by atoms with van der Waals surface area (Å²) in [5.74, 6) is 1.43. The minimum atomic E-state index is 0.0358. The zero-order valence-electron chi connectivity index (χ0n) is 13.9. The third kappa shape index (κ3) is 4.80. The summed E-state index contributed by atoms with van der Waals surface area (Å²) in [7, 11) is 0. The lowest BCUT2D eigenvalue weighted by Gasteiger charge is -2.29. The standard InChI is InChI=1S/C16H22N4O2S2/c1-10-5-3-4-6-13(10)18-14(21)9-24-16-20-19-15(22-16)7-12-8-23-11(2)17-12/h8,10,13H,3-7,9H2,1-2H3,(H,18,21)/t10-,13+/m0/s1. The van der Waals surface area contributed by atoms with Crippen LogP contribution in [0, 0.1) is 12.8 Å². The Morgan fingerprint density at radius 3 is 3.00 bits per heavy atom. The molecule has 0 spiro atoms. The first-order valence-corrected chi connectivity index (χ1v) is 10.1. The topological polar surface area (TPSA) is 80.9 Å². The Balaban J connectivity index is 1.45. The van der Waals surface area contributed by atoms with E-state index in [0.717, 1.165) is 17.1 Å². The monoisotopic (exact) mass is 366 g/mol.